The predicted molar refractivity (Wildman–Crippen MR) is 135 cm³/mol. The van der Waals surface area contributed by atoms with Crippen molar-refractivity contribution in [2.45, 2.75) is 18.2 Å². The minimum Gasteiger partial charge on any atom is -0.497 e. The monoisotopic (exact) mass is 527 g/mol. The van der Waals surface area contributed by atoms with Gasteiger partial charge in [-0.3, -0.25) is 14.5 Å². The van der Waals surface area contributed by atoms with Crippen molar-refractivity contribution >= 4 is 52.5 Å². The van der Waals surface area contributed by atoms with E-state index in [4.69, 9.17) is 32.4 Å². The number of rotatable bonds is 7. The van der Waals surface area contributed by atoms with Crippen molar-refractivity contribution in [2.24, 2.45) is 0 Å². The van der Waals surface area contributed by atoms with Crippen LogP contribution in [0.15, 0.2) is 75.9 Å². The van der Waals surface area contributed by atoms with E-state index in [2.05, 4.69) is 5.32 Å². The third kappa shape index (κ3) is 5.49. The third-order valence-electron chi connectivity index (χ3n) is 5.26. The van der Waals surface area contributed by atoms with Crippen LogP contribution in [0.2, 0.25) is 10.0 Å². The van der Waals surface area contributed by atoms with Crippen LogP contribution < -0.4 is 15.0 Å². The van der Waals surface area contributed by atoms with Crippen LogP contribution in [-0.4, -0.2) is 24.2 Å². The number of nitrogens with zero attached hydrogens (tertiary/aromatic N) is 2. The topological polar surface area (TPSA) is 95.6 Å². The molecule has 0 radical (unpaired) electrons. The standard InChI is InChI=1S/C25H19Cl2N3O4S/c1-33-18-8-6-17(7-9-18)30-24(32)22(11-15-4-5-16(26)12-21(15)27)35-25(30)20(13-28)23(31)29-14-19-3-2-10-34-19/h2-10,12,22H,11,14H2,1H3,(H,29,31)/b25-20-. The number of halogens is 2. The lowest BCUT2D eigenvalue weighted by Crippen LogP contribution is -2.32. The fraction of sp³-hybridized carbons (Fsp3) is 0.160. The molecule has 178 valence electrons. The maximum Gasteiger partial charge on any atom is 0.265 e. The van der Waals surface area contributed by atoms with E-state index >= 15 is 0 Å². The van der Waals surface area contributed by atoms with Gasteiger partial charge in [0.2, 0.25) is 5.91 Å². The second kappa shape index (κ2) is 10.9. The van der Waals surface area contributed by atoms with E-state index in [1.807, 2.05) is 6.07 Å². The van der Waals surface area contributed by atoms with Gasteiger partial charge in [-0.1, -0.05) is 41.0 Å². The molecule has 1 aromatic heterocycles. The molecule has 0 aliphatic carbocycles. The molecule has 0 saturated carbocycles. The summed E-state index contributed by atoms with van der Waals surface area (Å²) in [4.78, 5) is 27.9. The number of thioether (sulfide) groups is 1. The van der Waals surface area contributed by atoms with Gasteiger partial charge in [-0.15, -0.1) is 0 Å². The number of methoxy groups -OCH3 is 1. The molecule has 1 atom stereocenters. The van der Waals surface area contributed by atoms with Crippen molar-refractivity contribution in [1.82, 2.24) is 5.32 Å². The highest BCUT2D eigenvalue weighted by atomic mass is 35.5. The number of furan rings is 1. The summed E-state index contributed by atoms with van der Waals surface area (Å²) in [5, 5.41) is 13.1. The average molecular weight is 528 g/mol. The maximum absolute atomic E-state index is 13.6. The summed E-state index contributed by atoms with van der Waals surface area (Å²) in [5.74, 6) is 0.272. The maximum atomic E-state index is 13.6. The molecule has 4 rings (SSSR count). The van der Waals surface area contributed by atoms with Crippen molar-refractivity contribution in [3.63, 3.8) is 0 Å². The number of benzene rings is 2. The second-order valence-corrected chi connectivity index (χ2v) is 9.51. The molecule has 0 bridgehead atoms. The summed E-state index contributed by atoms with van der Waals surface area (Å²) in [6.45, 7) is 0.106. The van der Waals surface area contributed by atoms with E-state index in [1.54, 1.807) is 61.7 Å². The average Bonchev–Trinajstić information content (AvgIpc) is 3.48. The molecule has 7 nitrogen and oxygen atoms in total. The Bertz CT molecular complexity index is 1320. The Labute approximate surface area is 216 Å². The Balaban J connectivity index is 1.69. The van der Waals surface area contributed by atoms with Gasteiger partial charge in [0.15, 0.2) is 0 Å². The highest BCUT2D eigenvalue weighted by molar-refractivity contribution is 8.05. The number of hydrogen-bond acceptors (Lipinski definition) is 6. The molecular formula is C25H19Cl2N3O4S. The zero-order chi connectivity index (χ0) is 24.9. The van der Waals surface area contributed by atoms with Gasteiger partial charge in [0.25, 0.3) is 5.91 Å². The lowest BCUT2D eigenvalue weighted by molar-refractivity contribution is -0.117. The minimum absolute atomic E-state index is 0.106. The summed E-state index contributed by atoms with van der Waals surface area (Å²) in [6, 6.07) is 17.3. The summed E-state index contributed by atoms with van der Waals surface area (Å²) in [5.41, 5.74) is 1.07. The van der Waals surface area contributed by atoms with Crippen LogP contribution in [0.3, 0.4) is 0 Å². The third-order valence-corrected chi connectivity index (χ3v) is 7.11. The zero-order valence-electron chi connectivity index (χ0n) is 18.5. The fourth-order valence-corrected chi connectivity index (χ4v) is 5.29. The Hall–Kier alpha value is -3.38. The van der Waals surface area contributed by atoms with E-state index < -0.39 is 11.2 Å². The van der Waals surface area contributed by atoms with Crippen LogP contribution in [0, 0.1) is 11.3 Å². The Kier molecular flexibility index (Phi) is 7.71. The van der Waals surface area contributed by atoms with Crippen LogP contribution in [0.25, 0.3) is 0 Å². The van der Waals surface area contributed by atoms with Gasteiger partial charge in [-0.05, 0) is 60.5 Å². The quantitative estimate of drug-likeness (QED) is 0.329. The zero-order valence-corrected chi connectivity index (χ0v) is 20.8. The van der Waals surface area contributed by atoms with E-state index in [0.717, 1.165) is 17.3 Å². The van der Waals surface area contributed by atoms with Crippen molar-refractivity contribution in [3.05, 3.63) is 92.8 Å². The lowest BCUT2D eigenvalue weighted by atomic mass is 10.1. The highest BCUT2D eigenvalue weighted by Crippen LogP contribution is 2.42. The van der Waals surface area contributed by atoms with Crippen LogP contribution in [0.1, 0.15) is 11.3 Å². The smallest absolute Gasteiger partial charge is 0.265 e. The summed E-state index contributed by atoms with van der Waals surface area (Å²) < 4.78 is 10.4. The van der Waals surface area contributed by atoms with Crippen molar-refractivity contribution in [3.8, 4) is 11.8 Å². The number of amides is 2. The summed E-state index contributed by atoms with van der Waals surface area (Å²) in [6.07, 6.45) is 1.79. The number of carbonyl (C=O) groups excluding carboxylic acids is 2. The van der Waals surface area contributed by atoms with Gasteiger partial charge >= 0.3 is 0 Å². The molecule has 1 saturated heterocycles. The number of nitriles is 1. The van der Waals surface area contributed by atoms with Crippen molar-refractivity contribution in [2.75, 3.05) is 12.0 Å². The molecule has 35 heavy (non-hydrogen) atoms. The molecular weight excluding hydrogens is 509 g/mol. The number of ether oxygens (including phenoxy) is 1. The predicted octanol–water partition coefficient (Wildman–Crippen LogP) is 5.34. The van der Waals surface area contributed by atoms with E-state index in [0.29, 0.717) is 33.7 Å². The number of anilines is 1. The number of nitrogens with one attached hydrogen (secondary N) is 1. The summed E-state index contributed by atoms with van der Waals surface area (Å²) >= 11 is 13.5. The molecule has 10 heteroatoms. The second-order valence-electron chi connectivity index (χ2n) is 7.47. The number of hydrogen-bond donors (Lipinski definition) is 1. The Morgan fingerprint density at radius 3 is 2.63 bits per heavy atom. The SMILES string of the molecule is COc1ccc(N2C(=O)C(Cc3ccc(Cl)cc3Cl)S/C2=C(/C#N)C(=O)NCc2ccco2)cc1. The molecule has 2 amide bonds. The molecule has 0 spiro atoms. The highest BCUT2D eigenvalue weighted by Gasteiger charge is 2.41. The van der Waals surface area contributed by atoms with E-state index in [9.17, 15) is 14.9 Å². The van der Waals surface area contributed by atoms with Gasteiger partial charge in [0, 0.05) is 15.7 Å². The van der Waals surface area contributed by atoms with Crippen LogP contribution in [0.4, 0.5) is 5.69 Å². The van der Waals surface area contributed by atoms with Crippen LogP contribution in [-0.2, 0) is 22.6 Å². The van der Waals surface area contributed by atoms with Gasteiger partial charge in [0.05, 0.1) is 25.2 Å². The van der Waals surface area contributed by atoms with Crippen LogP contribution in [0.5, 0.6) is 5.75 Å². The molecule has 1 fully saturated rings. The van der Waals surface area contributed by atoms with Gasteiger partial charge in [-0.2, -0.15) is 5.26 Å². The molecule has 2 aromatic carbocycles. The fourth-order valence-electron chi connectivity index (χ4n) is 3.51. The van der Waals surface area contributed by atoms with Crippen molar-refractivity contribution in [1.29, 1.82) is 5.26 Å². The molecule has 1 unspecified atom stereocenters. The number of carbonyl (C=O) groups is 2. The minimum atomic E-state index is -0.608. The van der Waals surface area contributed by atoms with E-state index in [1.165, 1.54) is 11.2 Å². The first kappa shape index (κ1) is 24.7. The largest absolute Gasteiger partial charge is 0.497 e. The first-order valence-corrected chi connectivity index (χ1v) is 12.1. The van der Waals surface area contributed by atoms with Gasteiger partial charge < -0.3 is 14.5 Å². The molecule has 1 aliphatic rings. The van der Waals surface area contributed by atoms with Gasteiger partial charge in [0.1, 0.15) is 28.2 Å². The first-order valence-electron chi connectivity index (χ1n) is 10.4. The molecule has 3 aromatic rings. The summed E-state index contributed by atoms with van der Waals surface area (Å²) in [7, 11) is 1.54. The van der Waals surface area contributed by atoms with E-state index in [-0.39, 0.29) is 23.1 Å². The Morgan fingerprint density at radius 2 is 2.00 bits per heavy atom. The lowest BCUT2D eigenvalue weighted by Gasteiger charge is -2.19. The molecule has 1 aliphatic heterocycles. The Morgan fingerprint density at radius 1 is 1.23 bits per heavy atom. The van der Waals surface area contributed by atoms with Crippen molar-refractivity contribution < 1.29 is 18.7 Å². The first-order chi connectivity index (χ1) is 16.9. The van der Waals surface area contributed by atoms with Gasteiger partial charge in [-0.25, -0.2) is 0 Å². The normalized spacial score (nSPS) is 16.7. The molecule has 2 heterocycles. The molecule has 1 N–H and O–H groups in total. The van der Waals surface area contributed by atoms with Crippen LogP contribution >= 0.6 is 35.0 Å².